The van der Waals surface area contributed by atoms with Crippen LogP contribution in [0.5, 0.6) is 0 Å². The van der Waals surface area contributed by atoms with Gasteiger partial charge in [0.2, 0.25) is 0 Å². The van der Waals surface area contributed by atoms with Gasteiger partial charge in [-0.05, 0) is 37.6 Å². The predicted octanol–water partition coefficient (Wildman–Crippen LogP) is 2.28. The Bertz CT molecular complexity index is 417. The standard InChI is InChI=1S/C12H14N2O/c1-8(13)12(9(2)15)7-10-4-3-5-11(14)6-10/h3-7,13H,14H2,1-2H3/b12-7+,13-8?. The number of nitrogen functional groups attached to an aromatic ring is 1. The minimum absolute atomic E-state index is 0.107. The highest BCUT2D eigenvalue weighted by Crippen LogP contribution is 2.12. The Morgan fingerprint density at radius 3 is 2.53 bits per heavy atom. The summed E-state index contributed by atoms with van der Waals surface area (Å²) in [6.45, 7) is 3.05. The summed E-state index contributed by atoms with van der Waals surface area (Å²) in [6.07, 6.45) is 1.68. The van der Waals surface area contributed by atoms with Crippen molar-refractivity contribution in [2.24, 2.45) is 0 Å². The monoisotopic (exact) mass is 202 g/mol. The second kappa shape index (κ2) is 4.55. The Morgan fingerprint density at radius 2 is 2.07 bits per heavy atom. The van der Waals surface area contributed by atoms with E-state index in [0.29, 0.717) is 11.3 Å². The quantitative estimate of drug-likeness (QED) is 0.448. The number of ketones is 1. The molecule has 0 spiro atoms. The van der Waals surface area contributed by atoms with Crippen molar-refractivity contribution in [1.29, 1.82) is 5.41 Å². The molecule has 3 heteroatoms. The molecule has 1 aromatic carbocycles. The molecule has 0 aliphatic carbocycles. The third-order valence-electron chi connectivity index (χ3n) is 2.00. The van der Waals surface area contributed by atoms with Gasteiger partial charge in [-0.15, -0.1) is 0 Å². The van der Waals surface area contributed by atoms with Crippen LogP contribution in [0.15, 0.2) is 29.8 Å². The summed E-state index contributed by atoms with van der Waals surface area (Å²) < 4.78 is 0. The average molecular weight is 202 g/mol. The predicted molar refractivity (Wildman–Crippen MR) is 62.9 cm³/mol. The summed E-state index contributed by atoms with van der Waals surface area (Å²) in [6, 6.07) is 7.22. The molecular weight excluding hydrogens is 188 g/mol. The zero-order valence-electron chi connectivity index (χ0n) is 8.87. The minimum atomic E-state index is -0.107. The molecule has 15 heavy (non-hydrogen) atoms. The summed E-state index contributed by atoms with van der Waals surface area (Å²) in [5.74, 6) is -0.107. The Morgan fingerprint density at radius 1 is 1.40 bits per heavy atom. The molecule has 0 saturated carbocycles. The van der Waals surface area contributed by atoms with Gasteiger partial charge in [0.05, 0.1) is 0 Å². The van der Waals surface area contributed by atoms with E-state index in [-0.39, 0.29) is 11.5 Å². The van der Waals surface area contributed by atoms with Crippen LogP contribution >= 0.6 is 0 Å². The average Bonchev–Trinajstić information content (AvgIpc) is 2.13. The van der Waals surface area contributed by atoms with Crippen molar-refractivity contribution in [3.8, 4) is 0 Å². The van der Waals surface area contributed by atoms with Gasteiger partial charge in [0.1, 0.15) is 0 Å². The van der Waals surface area contributed by atoms with E-state index in [1.54, 1.807) is 25.1 Å². The zero-order chi connectivity index (χ0) is 11.4. The molecule has 0 amide bonds. The van der Waals surface area contributed by atoms with E-state index >= 15 is 0 Å². The number of rotatable bonds is 3. The molecule has 0 fully saturated rings. The molecular formula is C12H14N2O. The van der Waals surface area contributed by atoms with Crippen LogP contribution < -0.4 is 5.73 Å². The summed E-state index contributed by atoms with van der Waals surface area (Å²) >= 11 is 0. The van der Waals surface area contributed by atoms with E-state index in [9.17, 15) is 4.79 Å². The molecule has 3 N–H and O–H groups in total. The van der Waals surface area contributed by atoms with Crippen molar-refractivity contribution >= 4 is 23.3 Å². The fourth-order valence-corrected chi connectivity index (χ4v) is 1.29. The van der Waals surface area contributed by atoms with Gasteiger partial charge < -0.3 is 11.1 Å². The highest BCUT2D eigenvalue weighted by atomic mass is 16.1. The molecule has 0 aliphatic rings. The van der Waals surface area contributed by atoms with E-state index in [0.717, 1.165) is 5.56 Å². The molecule has 0 aliphatic heterocycles. The number of carbonyl (C=O) groups is 1. The number of carbonyl (C=O) groups excluding carboxylic acids is 1. The lowest BCUT2D eigenvalue weighted by Crippen LogP contribution is -2.04. The second-order valence-corrected chi connectivity index (χ2v) is 3.41. The minimum Gasteiger partial charge on any atom is -0.399 e. The summed E-state index contributed by atoms with van der Waals surface area (Å²) in [7, 11) is 0. The molecule has 0 heterocycles. The highest BCUT2D eigenvalue weighted by molar-refractivity contribution is 6.22. The first-order valence-electron chi connectivity index (χ1n) is 4.64. The van der Waals surface area contributed by atoms with Crippen molar-refractivity contribution in [3.63, 3.8) is 0 Å². The number of benzene rings is 1. The van der Waals surface area contributed by atoms with Crippen LogP contribution in [0.3, 0.4) is 0 Å². The second-order valence-electron chi connectivity index (χ2n) is 3.41. The van der Waals surface area contributed by atoms with Crippen LogP contribution in [-0.4, -0.2) is 11.5 Å². The fourth-order valence-electron chi connectivity index (χ4n) is 1.29. The maximum absolute atomic E-state index is 11.2. The first kappa shape index (κ1) is 11.2. The van der Waals surface area contributed by atoms with Gasteiger partial charge in [0, 0.05) is 17.0 Å². The third-order valence-corrected chi connectivity index (χ3v) is 2.00. The zero-order valence-corrected chi connectivity index (χ0v) is 8.87. The van der Waals surface area contributed by atoms with Gasteiger partial charge in [0.25, 0.3) is 0 Å². The van der Waals surface area contributed by atoms with Gasteiger partial charge in [-0.2, -0.15) is 0 Å². The smallest absolute Gasteiger partial charge is 0.161 e. The van der Waals surface area contributed by atoms with Crippen molar-refractivity contribution in [2.75, 3.05) is 5.73 Å². The number of allylic oxidation sites excluding steroid dienone is 1. The fraction of sp³-hybridized carbons (Fsp3) is 0.167. The van der Waals surface area contributed by atoms with Crippen molar-refractivity contribution in [1.82, 2.24) is 0 Å². The normalized spacial score (nSPS) is 11.2. The number of nitrogens with two attached hydrogens (primary N) is 1. The van der Waals surface area contributed by atoms with E-state index < -0.39 is 0 Å². The van der Waals surface area contributed by atoms with Gasteiger partial charge in [0.15, 0.2) is 5.78 Å². The highest BCUT2D eigenvalue weighted by Gasteiger charge is 2.05. The molecule has 0 aromatic heterocycles. The molecule has 1 rings (SSSR count). The molecule has 3 nitrogen and oxygen atoms in total. The first-order chi connectivity index (χ1) is 7.00. The van der Waals surface area contributed by atoms with Crippen LogP contribution in [0.2, 0.25) is 0 Å². The van der Waals surface area contributed by atoms with E-state index in [1.165, 1.54) is 6.92 Å². The van der Waals surface area contributed by atoms with Crippen LogP contribution in [0.4, 0.5) is 5.69 Å². The van der Waals surface area contributed by atoms with Crippen molar-refractivity contribution < 1.29 is 4.79 Å². The Balaban J connectivity index is 3.13. The molecule has 1 aromatic rings. The van der Waals surface area contributed by atoms with Gasteiger partial charge >= 0.3 is 0 Å². The molecule has 0 radical (unpaired) electrons. The van der Waals surface area contributed by atoms with Crippen LogP contribution in [-0.2, 0) is 4.79 Å². The molecule has 0 atom stereocenters. The third kappa shape index (κ3) is 3.06. The Labute approximate surface area is 89.1 Å². The lowest BCUT2D eigenvalue weighted by Gasteiger charge is -2.01. The van der Waals surface area contributed by atoms with Crippen LogP contribution in [0, 0.1) is 5.41 Å². The SMILES string of the molecule is CC(=N)/C(=C\c1cccc(N)c1)C(C)=O. The first-order valence-corrected chi connectivity index (χ1v) is 4.64. The molecule has 0 saturated heterocycles. The summed E-state index contributed by atoms with van der Waals surface area (Å²) in [5.41, 5.74) is 7.79. The van der Waals surface area contributed by atoms with Crippen LogP contribution in [0.25, 0.3) is 6.08 Å². The van der Waals surface area contributed by atoms with Gasteiger partial charge in [-0.3, -0.25) is 4.79 Å². The van der Waals surface area contributed by atoms with Gasteiger partial charge in [-0.25, -0.2) is 0 Å². The Hall–Kier alpha value is -1.90. The maximum atomic E-state index is 11.2. The van der Waals surface area contributed by atoms with E-state index in [4.69, 9.17) is 11.1 Å². The number of hydrogen-bond donors (Lipinski definition) is 2. The Kier molecular flexibility index (Phi) is 3.39. The maximum Gasteiger partial charge on any atom is 0.161 e. The molecule has 0 unspecified atom stereocenters. The topological polar surface area (TPSA) is 66.9 Å². The number of Topliss-reactive ketones (excluding diaryl/α,β-unsaturated/α-hetero) is 1. The molecule has 78 valence electrons. The van der Waals surface area contributed by atoms with E-state index in [1.807, 2.05) is 12.1 Å². The lowest BCUT2D eigenvalue weighted by atomic mass is 10.0. The number of hydrogen-bond acceptors (Lipinski definition) is 3. The summed E-state index contributed by atoms with van der Waals surface area (Å²) in [4.78, 5) is 11.2. The number of nitrogens with one attached hydrogen (secondary N) is 1. The lowest BCUT2D eigenvalue weighted by molar-refractivity contribution is -0.113. The molecule has 0 bridgehead atoms. The van der Waals surface area contributed by atoms with Crippen molar-refractivity contribution in [3.05, 3.63) is 35.4 Å². The number of anilines is 1. The van der Waals surface area contributed by atoms with E-state index in [2.05, 4.69) is 0 Å². The summed E-state index contributed by atoms with van der Waals surface area (Å²) in [5, 5.41) is 7.46. The van der Waals surface area contributed by atoms with Crippen LogP contribution in [0.1, 0.15) is 19.4 Å². The van der Waals surface area contributed by atoms with Gasteiger partial charge in [-0.1, -0.05) is 12.1 Å². The largest absolute Gasteiger partial charge is 0.399 e. The van der Waals surface area contributed by atoms with Crippen molar-refractivity contribution in [2.45, 2.75) is 13.8 Å².